The second-order valence-corrected chi connectivity index (χ2v) is 4.92. The molecule has 0 saturated carbocycles. The molecule has 106 valence electrons. The van der Waals surface area contributed by atoms with Crippen molar-refractivity contribution in [3.05, 3.63) is 17.0 Å². The van der Waals surface area contributed by atoms with Crippen LogP contribution in [0.15, 0.2) is 0 Å². The molecule has 2 heterocycles. The van der Waals surface area contributed by atoms with Crippen LogP contribution in [0.4, 0.5) is 0 Å². The molecule has 2 N–H and O–H groups in total. The van der Waals surface area contributed by atoms with Gasteiger partial charge in [-0.25, -0.2) is 0 Å². The Bertz CT molecular complexity index is 450. The molecule has 19 heavy (non-hydrogen) atoms. The van der Waals surface area contributed by atoms with Gasteiger partial charge in [-0.2, -0.15) is 5.10 Å². The topological polar surface area (TPSA) is 76.4 Å². The minimum atomic E-state index is -0.0424. The Morgan fingerprint density at radius 1 is 1.47 bits per heavy atom. The second kappa shape index (κ2) is 6.16. The first-order valence-electron chi connectivity index (χ1n) is 6.62. The van der Waals surface area contributed by atoms with E-state index in [0.29, 0.717) is 13.2 Å². The van der Waals surface area contributed by atoms with E-state index < -0.39 is 0 Å². The van der Waals surface area contributed by atoms with Gasteiger partial charge in [0.2, 0.25) is 5.91 Å². The van der Waals surface area contributed by atoms with Gasteiger partial charge in [-0.15, -0.1) is 0 Å². The summed E-state index contributed by atoms with van der Waals surface area (Å²) in [7, 11) is 0. The molecule has 1 aliphatic heterocycles. The lowest BCUT2D eigenvalue weighted by Gasteiger charge is -2.23. The predicted molar refractivity (Wildman–Crippen MR) is 69.6 cm³/mol. The number of hydrogen-bond donors (Lipinski definition) is 2. The van der Waals surface area contributed by atoms with E-state index in [4.69, 9.17) is 4.74 Å². The van der Waals surface area contributed by atoms with E-state index in [2.05, 4.69) is 10.4 Å². The Morgan fingerprint density at radius 2 is 2.16 bits per heavy atom. The van der Waals surface area contributed by atoms with Gasteiger partial charge >= 0.3 is 0 Å². The Balaban J connectivity index is 1.94. The van der Waals surface area contributed by atoms with Gasteiger partial charge in [-0.1, -0.05) is 0 Å². The van der Waals surface area contributed by atoms with Crippen LogP contribution in [0.2, 0.25) is 0 Å². The zero-order valence-corrected chi connectivity index (χ0v) is 11.5. The van der Waals surface area contributed by atoms with Gasteiger partial charge in [-0.3, -0.25) is 9.48 Å². The molecule has 1 aliphatic rings. The van der Waals surface area contributed by atoms with Crippen molar-refractivity contribution in [2.75, 3.05) is 13.2 Å². The Labute approximate surface area is 112 Å². The molecule has 1 aromatic heterocycles. The summed E-state index contributed by atoms with van der Waals surface area (Å²) in [4.78, 5) is 12.0. The Hall–Kier alpha value is -1.40. The van der Waals surface area contributed by atoms with Crippen LogP contribution in [0.3, 0.4) is 0 Å². The normalized spacial score (nSPS) is 16.6. The van der Waals surface area contributed by atoms with Gasteiger partial charge in [0, 0.05) is 30.5 Å². The fraction of sp³-hybridized carbons (Fsp3) is 0.692. The highest BCUT2D eigenvalue weighted by molar-refractivity contribution is 5.76. The van der Waals surface area contributed by atoms with Crippen LogP contribution in [-0.2, 0) is 22.7 Å². The summed E-state index contributed by atoms with van der Waals surface area (Å²) in [6, 6.07) is 0.204. The molecular formula is C13H21N3O3. The lowest BCUT2D eigenvalue weighted by Crippen LogP contribution is -2.40. The molecule has 0 atom stereocenters. The quantitative estimate of drug-likeness (QED) is 0.822. The molecule has 0 unspecified atom stereocenters. The third-order valence-electron chi connectivity index (χ3n) is 3.57. The van der Waals surface area contributed by atoms with E-state index in [1.165, 1.54) is 0 Å². The lowest BCUT2D eigenvalue weighted by molar-refractivity contribution is -0.123. The number of aliphatic hydroxyl groups excluding tert-OH is 1. The number of nitrogens with one attached hydrogen (secondary N) is 1. The maximum atomic E-state index is 12.0. The van der Waals surface area contributed by atoms with Crippen LogP contribution < -0.4 is 5.32 Å². The van der Waals surface area contributed by atoms with Gasteiger partial charge in [-0.05, 0) is 26.7 Å². The fourth-order valence-electron chi connectivity index (χ4n) is 2.37. The summed E-state index contributed by atoms with van der Waals surface area (Å²) in [6.07, 6.45) is 1.73. The van der Waals surface area contributed by atoms with E-state index >= 15 is 0 Å². The van der Waals surface area contributed by atoms with Crippen molar-refractivity contribution < 1.29 is 14.6 Å². The van der Waals surface area contributed by atoms with Crippen molar-refractivity contribution in [3.63, 3.8) is 0 Å². The number of aromatic nitrogens is 2. The van der Waals surface area contributed by atoms with E-state index in [9.17, 15) is 9.90 Å². The highest BCUT2D eigenvalue weighted by atomic mass is 16.5. The number of carbonyl (C=O) groups is 1. The standard InChI is InChI=1S/C13H21N3O3/c1-9-12(8-17)10(2)16(15-9)7-13(18)14-11-3-5-19-6-4-11/h11,17H,3-8H2,1-2H3,(H,14,18). The predicted octanol–water partition coefficient (Wildman–Crippen LogP) is 0.287. The van der Waals surface area contributed by atoms with Crippen LogP contribution >= 0.6 is 0 Å². The van der Waals surface area contributed by atoms with Crippen LogP contribution in [0.25, 0.3) is 0 Å². The molecule has 1 amide bonds. The SMILES string of the molecule is Cc1nn(CC(=O)NC2CCOCC2)c(C)c1CO. The summed E-state index contributed by atoms with van der Waals surface area (Å²) in [5, 5.41) is 16.5. The highest BCUT2D eigenvalue weighted by Crippen LogP contribution is 2.12. The molecule has 2 rings (SSSR count). The number of carbonyl (C=O) groups excluding carboxylic acids is 1. The molecule has 6 heteroatoms. The molecule has 6 nitrogen and oxygen atoms in total. The molecule has 1 saturated heterocycles. The number of aryl methyl sites for hydroxylation is 1. The van der Waals surface area contributed by atoms with Gasteiger partial charge in [0.05, 0.1) is 12.3 Å². The second-order valence-electron chi connectivity index (χ2n) is 4.92. The summed E-state index contributed by atoms with van der Waals surface area (Å²) >= 11 is 0. The van der Waals surface area contributed by atoms with Gasteiger partial charge in [0.1, 0.15) is 6.54 Å². The molecule has 0 aromatic carbocycles. The van der Waals surface area contributed by atoms with Crippen LogP contribution in [0.1, 0.15) is 29.8 Å². The fourth-order valence-corrected chi connectivity index (χ4v) is 2.37. The van der Waals surface area contributed by atoms with Crippen LogP contribution in [-0.4, -0.2) is 40.0 Å². The monoisotopic (exact) mass is 267 g/mol. The van der Waals surface area contributed by atoms with Crippen molar-refractivity contribution in [3.8, 4) is 0 Å². The first-order chi connectivity index (χ1) is 9.11. The number of hydrogen-bond acceptors (Lipinski definition) is 4. The first-order valence-corrected chi connectivity index (χ1v) is 6.62. The number of rotatable bonds is 4. The van der Waals surface area contributed by atoms with Gasteiger partial charge in [0.25, 0.3) is 0 Å². The third-order valence-corrected chi connectivity index (χ3v) is 3.57. The summed E-state index contributed by atoms with van der Waals surface area (Å²) in [6.45, 7) is 5.28. The summed E-state index contributed by atoms with van der Waals surface area (Å²) in [5.74, 6) is -0.0398. The first kappa shape index (κ1) is 14.0. The smallest absolute Gasteiger partial charge is 0.241 e. The number of aliphatic hydroxyl groups is 1. The maximum Gasteiger partial charge on any atom is 0.241 e. The van der Waals surface area contributed by atoms with Crippen LogP contribution in [0, 0.1) is 13.8 Å². The van der Waals surface area contributed by atoms with Crippen molar-refractivity contribution in [1.29, 1.82) is 0 Å². The van der Waals surface area contributed by atoms with Crippen molar-refractivity contribution in [1.82, 2.24) is 15.1 Å². The average molecular weight is 267 g/mol. The van der Waals surface area contributed by atoms with E-state index in [0.717, 1.165) is 29.8 Å². The maximum absolute atomic E-state index is 12.0. The van der Waals surface area contributed by atoms with Crippen molar-refractivity contribution >= 4 is 5.91 Å². The molecule has 0 aliphatic carbocycles. The Kier molecular flexibility index (Phi) is 4.55. The zero-order chi connectivity index (χ0) is 13.8. The largest absolute Gasteiger partial charge is 0.392 e. The minimum Gasteiger partial charge on any atom is -0.392 e. The minimum absolute atomic E-state index is 0.0398. The molecule has 0 bridgehead atoms. The summed E-state index contributed by atoms with van der Waals surface area (Å²) < 4.78 is 6.90. The number of ether oxygens (including phenoxy) is 1. The molecular weight excluding hydrogens is 246 g/mol. The number of amides is 1. The average Bonchev–Trinajstić information content (AvgIpc) is 2.65. The Morgan fingerprint density at radius 3 is 2.74 bits per heavy atom. The van der Waals surface area contributed by atoms with Gasteiger partial charge in [0.15, 0.2) is 0 Å². The van der Waals surface area contributed by atoms with Gasteiger partial charge < -0.3 is 15.2 Å². The lowest BCUT2D eigenvalue weighted by atomic mass is 10.1. The summed E-state index contributed by atoms with van der Waals surface area (Å²) in [5.41, 5.74) is 2.43. The molecule has 1 fully saturated rings. The van der Waals surface area contributed by atoms with Crippen molar-refractivity contribution in [2.24, 2.45) is 0 Å². The highest BCUT2D eigenvalue weighted by Gasteiger charge is 2.18. The third kappa shape index (κ3) is 3.33. The van der Waals surface area contributed by atoms with E-state index in [-0.39, 0.29) is 25.1 Å². The van der Waals surface area contributed by atoms with E-state index in [1.54, 1.807) is 4.68 Å². The molecule has 1 aromatic rings. The molecule has 0 spiro atoms. The van der Waals surface area contributed by atoms with Crippen molar-refractivity contribution in [2.45, 2.75) is 45.9 Å². The van der Waals surface area contributed by atoms with Crippen LogP contribution in [0.5, 0.6) is 0 Å². The number of nitrogens with zero attached hydrogens (tertiary/aromatic N) is 2. The molecule has 0 radical (unpaired) electrons. The van der Waals surface area contributed by atoms with E-state index in [1.807, 2.05) is 13.8 Å². The zero-order valence-electron chi connectivity index (χ0n) is 11.5.